The van der Waals surface area contributed by atoms with E-state index >= 15 is 0 Å². The molecule has 0 aliphatic rings. The molecule has 1 aromatic heterocycles. The van der Waals surface area contributed by atoms with Gasteiger partial charge in [0, 0.05) is 42.3 Å². The molecule has 1 heterocycles. The molecule has 0 unspecified atom stereocenters. The fraction of sp³-hybridized carbons (Fsp3) is 0.545. The van der Waals surface area contributed by atoms with Crippen LogP contribution in [0.2, 0.25) is 0 Å². The molecular formula is C22H33N3O4S. The summed E-state index contributed by atoms with van der Waals surface area (Å²) in [6.45, 7) is 12.5. The second-order valence-corrected chi connectivity index (χ2v) is 9.91. The van der Waals surface area contributed by atoms with Crippen molar-refractivity contribution in [3.63, 3.8) is 0 Å². The molecule has 0 radical (unpaired) electrons. The van der Waals surface area contributed by atoms with Crippen LogP contribution in [0.3, 0.4) is 0 Å². The van der Waals surface area contributed by atoms with Crippen molar-refractivity contribution in [2.45, 2.75) is 65.1 Å². The third-order valence-corrected chi connectivity index (χ3v) is 6.85. The topological polar surface area (TPSA) is 79.7 Å². The van der Waals surface area contributed by atoms with Gasteiger partial charge in [-0.2, -0.15) is 0 Å². The van der Waals surface area contributed by atoms with Gasteiger partial charge in [0.25, 0.3) is 0 Å². The Morgan fingerprint density at radius 3 is 2.07 bits per heavy atom. The van der Waals surface area contributed by atoms with Crippen LogP contribution in [0, 0.1) is 0 Å². The van der Waals surface area contributed by atoms with Crippen molar-refractivity contribution < 1.29 is 18.0 Å². The molecule has 166 valence electrons. The number of amides is 2. The predicted molar refractivity (Wildman–Crippen MR) is 119 cm³/mol. The molecule has 7 nitrogen and oxygen atoms in total. The lowest BCUT2D eigenvalue weighted by Crippen LogP contribution is -2.44. The zero-order valence-electron chi connectivity index (χ0n) is 18.8. The first-order chi connectivity index (χ1) is 14.0. The van der Waals surface area contributed by atoms with E-state index in [1.807, 2.05) is 47.6 Å². The summed E-state index contributed by atoms with van der Waals surface area (Å²) in [6, 6.07) is 6.88. The van der Waals surface area contributed by atoms with Gasteiger partial charge in [0.05, 0.1) is 4.90 Å². The number of benzene rings is 1. The highest BCUT2D eigenvalue weighted by Crippen LogP contribution is 2.27. The van der Waals surface area contributed by atoms with Gasteiger partial charge in [0.2, 0.25) is 11.8 Å². The lowest BCUT2D eigenvalue weighted by molar-refractivity contribution is -0.132. The van der Waals surface area contributed by atoms with Crippen LogP contribution in [0.25, 0.3) is 10.9 Å². The largest absolute Gasteiger partial charge is 0.342 e. The van der Waals surface area contributed by atoms with E-state index in [9.17, 15) is 18.0 Å². The summed E-state index contributed by atoms with van der Waals surface area (Å²) in [4.78, 5) is 28.7. The highest BCUT2D eigenvalue weighted by molar-refractivity contribution is 7.92. The molecule has 0 spiro atoms. The molecule has 2 rings (SSSR count). The Bertz CT molecular complexity index is 997. The van der Waals surface area contributed by atoms with Gasteiger partial charge in [-0.05, 0) is 47.6 Å². The Labute approximate surface area is 179 Å². The number of para-hydroxylation sites is 1. The van der Waals surface area contributed by atoms with Gasteiger partial charge in [-0.1, -0.05) is 18.2 Å². The molecule has 0 atom stereocenters. The molecule has 1 aromatic carbocycles. The molecule has 0 fully saturated rings. The van der Waals surface area contributed by atoms with Crippen LogP contribution < -0.4 is 0 Å². The number of hydrogen-bond acceptors (Lipinski definition) is 4. The summed E-state index contributed by atoms with van der Waals surface area (Å²) in [5.74, 6) is -1.09. The van der Waals surface area contributed by atoms with E-state index in [-0.39, 0.29) is 29.4 Å². The number of sulfone groups is 1. The summed E-state index contributed by atoms with van der Waals surface area (Å²) in [5, 5.41) is 0.526. The van der Waals surface area contributed by atoms with Crippen molar-refractivity contribution in [1.29, 1.82) is 0 Å². The van der Waals surface area contributed by atoms with E-state index in [0.29, 0.717) is 24.0 Å². The highest BCUT2D eigenvalue weighted by Gasteiger charge is 2.29. The molecule has 0 saturated heterocycles. The standard InChI is InChI=1S/C22H33N3O4S/c1-7-23(8-2)21(26)14-24-13-20(18-11-9-10-12-19(18)24)30(28,29)15-22(27)25(16(3)4)17(5)6/h9-13,16-17H,7-8,14-15H2,1-6H3. The number of hydrogen-bond donors (Lipinski definition) is 0. The highest BCUT2D eigenvalue weighted by atomic mass is 32.2. The average Bonchev–Trinajstić information content (AvgIpc) is 3.01. The summed E-state index contributed by atoms with van der Waals surface area (Å²) in [5.41, 5.74) is 0.661. The van der Waals surface area contributed by atoms with Crippen LogP contribution in [0.5, 0.6) is 0 Å². The average molecular weight is 436 g/mol. The third-order valence-electron chi connectivity index (χ3n) is 5.22. The Hall–Kier alpha value is -2.35. The quantitative estimate of drug-likeness (QED) is 0.607. The Balaban J connectivity index is 2.44. The van der Waals surface area contributed by atoms with E-state index in [2.05, 4.69) is 0 Å². The van der Waals surface area contributed by atoms with Crippen LogP contribution in [-0.2, 0) is 26.0 Å². The van der Waals surface area contributed by atoms with Crippen molar-refractivity contribution in [3.8, 4) is 0 Å². The first-order valence-electron chi connectivity index (χ1n) is 10.4. The number of nitrogens with zero attached hydrogens (tertiary/aromatic N) is 3. The first-order valence-corrected chi connectivity index (χ1v) is 12.1. The normalized spacial score (nSPS) is 12.0. The molecule has 8 heteroatoms. The van der Waals surface area contributed by atoms with Crippen LogP contribution >= 0.6 is 0 Å². The number of likely N-dealkylation sites (N-methyl/N-ethyl adjacent to an activating group) is 1. The molecular weight excluding hydrogens is 402 g/mol. The summed E-state index contributed by atoms with van der Waals surface area (Å²) < 4.78 is 28.1. The van der Waals surface area contributed by atoms with Gasteiger partial charge in [0.15, 0.2) is 9.84 Å². The van der Waals surface area contributed by atoms with Crippen molar-refractivity contribution in [3.05, 3.63) is 30.5 Å². The van der Waals surface area contributed by atoms with Gasteiger partial charge < -0.3 is 14.4 Å². The van der Waals surface area contributed by atoms with Crippen molar-refractivity contribution in [2.24, 2.45) is 0 Å². The SMILES string of the molecule is CCN(CC)C(=O)Cn1cc(S(=O)(=O)CC(=O)N(C(C)C)C(C)C)c2ccccc21. The van der Waals surface area contributed by atoms with E-state index in [1.165, 1.54) is 6.20 Å². The molecule has 2 aromatic rings. The van der Waals surface area contributed by atoms with Gasteiger partial charge >= 0.3 is 0 Å². The summed E-state index contributed by atoms with van der Waals surface area (Å²) >= 11 is 0. The lowest BCUT2D eigenvalue weighted by atomic mass is 10.2. The number of carbonyl (C=O) groups excluding carboxylic acids is 2. The van der Waals surface area contributed by atoms with E-state index < -0.39 is 21.5 Å². The minimum atomic E-state index is -3.88. The predicted octanol–water partition coefficient (Wildman–Crippen LogP) is 2.93. The lowest BCUT2D eigenvalue weighted by Gasteiger charge is -2.30. The maximum atomic E-state index is 13.2. The van der Waals surface area contributed by atoms with Crippen LogP contribution in [-0.4, -0.2) is 65.5 Å². The Morgan fingerprint density at radius 1 is 0.967 bits per heavy atom. The summed E-state index contributed by atoms with van der Waals surface area (Å²) in [6.07, 6.45) is 1.49. The minimum Gasteiger partial charge on any atom is -0.342 e. The summed E-state index contributed by atoms with van der Waals surface area (Å²) in [7, 11) is -3.88. The van der Waals surface area contributed by atoms with E-state index in [0.717, 1.165) is 0 Å². The fourth-order valence-electron chi connectivity index (χ4n) is 3.90. The molecule has 0 N–H and O–H groups in total. The number of rotatable bonds is 9. The van der Waals surface area contributed by atoms with Crippen molar-refractivity contribution in [2.75, 3.05) is 18.8 Å². The molecule has 30 heavy (non-hydrogen) atoms. The van der Waals surface area contributed by atoms with Gasteiger partial charge in [-0.25, -0.2) is 8.42 Å². The second kappa shape index (κ2) is 9.64. The maximum Gasteiger partial charge on any atom is 0.242 e. The smallest absolute Gasteiger partial charge is 0.242 e. The Kier molecular flexibility index (Phi) is 7.69. The number of aromatic nitrogens is 1. The zero-order chi connectivity index (χ0) is 22.6. The number of carbonyl (C=O) groups is 2. The number of fused-ring (bicyclic) bond motifs is 1. The van der Waals surface area contributed by atoms with Crippen LogP contribution in [0.1, 0.15) is 41.5 Å². The van der Waals surface area contributed by atoms with Gasteiger partial charge in [-0.15, -0.1) is 0 Å². The first kappa shape index (κ1) is 23.9. The van der Waals surface area contributed by atoms with Crippen molar-refractivity contribution in [1.82, 2.24) is 14.4 Å². The fourth-order valence-corrected chi connectivity index (χ4v) is 5.33. The molecule has 0 aliphatic carbocycles. The van der Waals surface area contributed by atoms with E-state index in [4.69, 9.17) is 0 Å². The van der Waals surface area contributed by atoms with E-state index in [1.54, 1.807) is 32.6 Å². The molecule has 0 aliphatic heterocycles. The van der Waals surface area contributed by atoms with Crippen LogP contribution in [0.15, 0.2) is 35.4 Å². The molecule has 0 bridgehead atoms. The van der Waals surface area contributed by atoms with Crippen LogP contribution in [0.4, 0.5) is 0 Å². The van der Waals surface area contributed by atoms with Gasteiger partial charge in [-0.3, -0.25) is 9.59 Å². The minimum absolute atomic E-state index is 0.0514. The molecule has 2 amide bonds. The maximum absolute atomic E-state index is 13.2. The Morgan fingerprint density at radius 2 is 1.53 bits per heavy atom. The van der Waals surface area contributed by atoms with Gasteiger partial charge in [0.1, 0.15) is 12.3 Å². The second-order valence-electron chi connectivity index (χ2n) is 7.95. The third kappa shape index (κ3) is 5.03. The molecule has 0 saturated carbocycles. The monoisotopic (exact) mass is 435 g/mol. The van der Waals surface area contributed by atoms with Crippen molar-refractivity contribution >= 4 is 32.6 Å². The zero-order valence-corrected chi connectivity index (χ0v) is 19.6.